The first-order valence-corrected chi connectivity index (χ1v) is 4.79. The minimum atomic E-state index is -0.405. The normalized spacial score (nSPS) is 21.5. The third-order valence-corrected chi connectivity index (χ3v) is 2.41. The Bertz CT molecular complexity index is 336. The van der Waals surface area contributed by atoms with Crippen molar-refractivity contribution >= 4 is 0 Å². The molecule has 2 nitrogen and oxygen atoms in total. The second-order valence-electron chi connectivity index (χ2n) is 3.75. The molecule has 0 radical (unpaired) electrons. The predicted octanol–water partition coefficient (Wildman–Crippen LogP) is 1.90. The second kappa shape index (κ2) is 3.58. The molecule has 76 valence electrons. The third-order valence-electron chi connectivity index (χ3n) is 2.41. The van der Waals surface area contributed by atoms with Gasteiger partial charge in [-0.1, -0.05) is 6.07 Å². The van der Waals surface area contributed by atoms with Gasteiger partial charge in [0.05, 0.1) is 6.10 Å². The van der Waals surface area contributed by atoms with Crippen LogP contribution in [0.15, 0.2) is 18.2 Å². The van der Waals surface area contributed by atoms with Crippen LogP contribution in [0.2, 0.25) is 0 Å². The second-order valence-corrected chi connectivity index (χ2v) is 3.75. The van der Waals surface area contributed by atoms with Crippen molar-refractivity contribution in [2.45, 2.75) is 32.0 Å². The monoisotopic (exact) mass is 196 g/mol. The molecule has 0 amide bonds. The lowest BCUT2D eigenvalue weighted by Crippen LogP contribution is -2.19. The van der Waals surface area contributed by atoms with Gasteiger partial charge in [0.15, 0.2) is 0 Å². The van der Waals surface area contributed by atoms with Crippen molar-refractivity contribution < 1.29 is 14.2 Å². The van der Waals surface area contributed by atoms with Gasteiger partial charge in [-0.25, -0.2) is 4.39 Å². The van der Waals surface area contributed by atoms with Crippen LogP contribution in [-0.2, 0) is 6.42 Å². The smallest absolute Gasteiger partial charge is 0.130 e. The van der Waals surface area contributed by atoms with Crippen molar-refractivity contribution in [1.29, 1.82) is 0 Å². The molecule has 0 saturated carbocycles. The van der Waals surface area contributed by atoms with Crippen molar-refractivity contribution in [3.05, 3.63) is 29.6 Å². The summed E-state index contributed by atoms with van der Waals surface area (Å²) in [5.41, 5.74) is 0.637. The Morgan fingerprint density at radius 1 is 1.64 bits per heavy atom. The number of fused-ring (bicyclic) bond motifs is 1. The van der Waals surface area contributed by atoms with E-state index in [-0.39, 0.29) is 11.9 Å². The van der Waals surface area contributed by atoms with Crippen LogP contribution in [0.1, 0.15) is 18.9 Å². The van der Waals surface area contributed by atoms with Crippen molar-refractivity contribution in [3.63, 3.8) is 0 Å². The molecule has 0 fully saturated rings. The number of hydrogen-bond acceptors (Lipinski definition) is 2. The standard InChI is InChI=1S/C11H13FO2/c1-7(13)5-8-6-9-10(12)3-2-4-11(9)14-8/h2-4,7-8,13H,5-6H2,1H3. The Morgan fingerprint density at radius 2 is 2.43 bits per heavy atom. The van der Waals surface area contributed by atoms with Gasteiger partial charge >= 0.3 is 0 Å². The largest absolute Gasteiger partial charge is 0.490 e. The molecule has 0 spiro atoms. The maximum atomic E-state index is 13.3. The zero-order chi connectivity index (χ0) is 10.1. The van der Waals surface area contributed by atoms with Gasteiger partial charge in [-0.15, -0.1) is 0 Å². The topological polar surface area (TPSA) is 29.5 Å². The molecular weight excluding hydrogens is 183 g/mol. The van der Waals surface area contributed by atoms with E-state index in [2.05, 4.69) is 0 Å². The summed E-state index contributed by atoms with van der Waals surface area (Å²) in [6, 6.07) is 4.84. The van der Waals surface area contributed by atoms with E-state index < -0.39 is 6.10 Å². The number of aliphatic hydroxyl groups is 1. The first kappa shape index (κ1) is 9.46. The summed E-state index contributed by atoms with van der Waals surface area (Å²) in [5.74, 6) is 0.409. The maximum absolute atomic E-state index is 13.3. The summed E-state index contributed by atoms with van der Waals surface area (Å²) in [6.45, 7) is 1.71. The summed E-state index contributed by atoms with van der Waals surface area (Å²) < 4.78 is 18.8. The van der Waals surface area contributed by atoms with Crippen LogP contribution in [0.3, 0.4) is 0 Å². The Kier molecular flexibility index (Phi) is 2.42. The van der Waals surface area contributed by atoms with Crippen molar-refractivity contribution in [3.8, 4) is 5.75 Å². The minimum absolute atomic E-state index is 0.0816. The Hall–Kier alpha value is -1.09. The number of ether oxygens (including phenoxy) is 1. The van der Waals surface area contributed by atoms with E-state index in [0.29, 0.717) is 24.2 Å². The van der Waals surface area contributed by atoms with Gasteiger partial charge in [-0.2, -0.15) is 0 Å². The molecule has 1 heterocycles. The predicted molar refractivity (Wildman–Crippen MR) is 50.8 cm³/mol. The van der Waals surface area contributed by atoms with Crippen LogP contribution in [0.4, 0.5) is 4.39 Å². The fraction of sp³-hybridized carbons (Fsp3) is 0.455. The van der Waals surface area contributed by atoms with Crippen LogP contribution >= 0.6 is 0 Å². The molecule has 2 atom stereocenters. The van der Waals surface area contributed by atoms with E-state index in [4.69, 9.17) is 4.74 Å². The summed E-state index contributed by atoms with van der Waals surface area (Å²) in [6.07, 6.45) is 0.625. The minimum Gasteiger partial charge on any atom is -0.490 e. The molecule has 2 rings (SSSR count). The molecule has 0 bridgehead atoms. The van der Waals surface area contributed by atoms with Crippen molar-refractivity contribution in [1.82, 2.24) is 0 Å². The molecule has 1 aliphatic rings. The van der Waals surface area contributed by atoms with E-state index in [0.717, 1.165) is 0 Å². The third kappa shape index (κ3) is 1.73. The molecule has 2 unspecified atom stereocenters. The van der Waals surface area contributed by atoms with Crippen LogP contribution in [0.25, 0.3) is 0 Å². The lowest BCUT2D eigenvalue weighted by atomic mass is 10.1. The van der Waals surface area contributed by atoms with Crippen LogP contribution in [-0.4, -0.2) is 17.3 Å². The Labute approximate surface area is 82.3 Å². The van der Waals surface area contributed by atoms with Crippen LogP contribution in [0, 0.1) is 5.82 Å². The Balaban J connectivity index is 2.14. The van der Waals surface area contributed by atoms with Crippen LogP contribution in [0.5, 0.6) is 5.75 Å². The summed E-state index contributed by atoms with van der Waals surface area (Å²) in [5, 5.41) is 9.19. The van der Waals surface area contributed by atoms with E-state index in [1.54, 1.807) is 19.1 Å². The fourth-order valence-corrected chi connectivity index (χ4v) is 1.81. The van der Waals surface area contributed by atoms with E-state index in [1.165, 1.54) is 6.07 Å². The molecule has 1 aromatic rings. The molecular formula is C11H13FO2. The van der Waals surface area contributed by atoms with E-state index in [1.807, 2.05) is 0 Å². The lowest BCUT2D eigenvalue weighted by Gasteiger charge is -2.11. The highest BCUT2D eigenvalue weighted by Crippen LogP contribution is 2.32. The first-order chi connectivity index (χ1) is 6.66. The van der Waals surface area contributed by atoms with Gasteiger partial charge < -0.3 is 9.84 Å². The van der Waals surface area contributed by atoms with E-state index >= 15 is 0 Å². The SMILES string of the molecule is CC(O)CC1Cc2c(F)cccc2O1. The van der Waals surface area contributed by atoms with Gasteiger partial charge in [-0.05, 0) is 19.1 Å². The molecule has 1 aliphatic heterocycles. The zero-order valence-corrected chi connectivity index (χ0v) is 8.03. The highest BCUT2D eigenvalue weighted by atomic mass is 19.1. The van der Waals surface area contributed by atoms with Gasteiger partial charge in [0, 0.05) is 18.4 Å². The van der Waals surface area contributed by atoms with Gasteiger partial charge in [0.25, 0.3) is 0 Å². The fourth-order valence-electron chi connectivity index (χ4n) is 1.81. The number of hydrogen-bond donors (Lipinski definition) is 1. The van der Waals surface area contributed by atoms with Gasteiger partial charge in [-0.3, -0.25) is 0 Å². The number of aliphatic hydroxyl groups excluding tert-OH is 1. The Morgan fingerprint density at radius 3 is 3.07 bits per heavy atom. The molecule has 3 heteroatoms. The highest BCUT2D eigenvalue weighted by molar-refractivity contribution is 5.38. The first-order valence-electron chi connectivity index (χ1n) is 4.79. The maximum Gasteiger partial charge on any atom is 0.130 e. The number of benzene rings is 1. The van der Waals surface area contributed by atoms with Crippen molar-refractivity contribution in [2.75, 3.05) is 0 Å². The number of rotatable bonds is 2. The van der Waals surface area contributed by atoms with Gasteiger partial charge in [0.1, 0.15) is 17.7 Å². The lowest BCUT2D eigenvalue weighted by molar-refractivity contribution is 0.118. The zero-order valence-electron chi connectivity index (χ0n) is 8.03. The summed E-state index contributed by atoms with van der Waals surface area (Å²) in [4.78, 5) is 0. The molecule has 1 N–H and O–H groups in total. The average molecular weight is 196 g/mol. The summed E-state index contributed by atoms with van der Waals surface area (Å²) in [7, 11) is 0. The molecule has 14 heavy (non-hydrogen) atoms. The highest BCUT2D eigenvalue weighted by Gasteiger charge is 2.26. The quantitative estimate of drug-likeness (QED) is 0.782. The molecule has 0 aromatic heterocycles. The molecule has 0 aliphatic carbocycles. The van der Waals surface area contributed by atoms with Gasteiger partial charge in [0.2, 0.25) is 0 Å². The van der Waals surface area contributed by atoms with E-state index in [9.17, 15) is 9.50 Å². The summed E-state index contributed by atoms with van der Waals surface area (Å²) >= 11 is 0. The van der Waals surface area contributed by atoms with Crippen LogP contribution < -0.4 is 4.74 Å². The molecule has 0 saturated heterocycles. The average Bonchev–Trinajstić information content (AvgIpc) is 2.47. The van der Waals surface area contributed by atoms with Crippen molar-refractivity contribution in [2.24, 2.45) is 0 Å². The molecule has 1 aromatic carbocycles. The number of halogens is 1.